The minimum absolute atomic E-state index is 0.182. The lowest BCUT2D eigenvalue weighted by molar-refractivity contribution is -0.173. The van der Waals surface area contributed by atoms with Crippen molar-refractivity contribution in [3.8, 4) is 0 Å². The van der Waals surface area contributed by atoms with E-state index in [9.17, 15) is 18.0 Å². The number of hydrogen-bond acceptors (Lipinski definition) is 3. The standard InChI is InChI=1S/C10H17F3N2O/c11-10(12,13)9(16)8(15-14)6-7-4-2-1-3-5-7/h7-8,15H,1-6,14H2/t8-/m0/s1. The molecule has 1 aliphatic carbocycles. The second kappa shape index (κ2) is 5.63. The normalized spacial score (nSPS) is 20.8. The Morgan fingerprint density at radius 2 is 1.88 bits per heavy atom. The van der Waals surface area contributed by atoms with Gasteiger partial charge in [0.2, 0.25) is 0 Å². The molecular formula is C10H17F3N2O. The number of alkyl halides is 3. The van der Waals surface area contributed by atoms with Gasteiger partial charge in [-0.15, -0.1) is 0 Å². The third kappa shape index (κ3) is 3.75. The first kappa shape index (κ1) is 13.4. The second-order valence-electron chi connectivity index (χ2n) is 4.32. The number of carbonyl (C=O) groups is 1. The predicted molar refractivity (Wildman–Crippen MR) is 53.4 cm³/mol. The summed E-state index contributed by atoms with van der Waals surface area (Å²) in [5, 5.41) is 0. The summed E-state index contributed by atoms with van der Waals surface area (Å²) < 4.78 is 36.6. The molecule has 1 fully saturated rings. The number of Topliss-reactive ketones (excluding diaryl/α,β-unsaturated/α-hetero) is 1. The summed E-state index contributed by atoms with van der Waals surface area (Å²) >= 11 is 0. The first-order valence-corrected chi connectivity index (χ1v) is 5.52. The summed E-state index contributed by atoms with van der Waals surface area (Å²) in [7, 11) is 0. The van der Waals surface area contributed by atoms with Crippen LogP contribution >= 0.6 is 0 Å². The van der Waals surface area contributed by atoms with Crippen molar-refractivity contribution in [2.45, 2.75) is 50.7 Å². The van der Waals surface area contributed by atoms with E-state index in [1.165, 1.54) is 0 Å². The van der Waals surface area contributed by atoms with E-state index in [0.717, 1.165) is 32.1 Å². The smallest absolute Gasteiger partial charge is 0.288 e. The third-order valence-corrected chi connectivity index (χ3v) is 3.09. The van der Waals surface area contributed by atoms with E-state index in [4.69, 9.17) is 5.84 Å². The number of halogens is 3. The van der Waals surface area contributed by atoms with Crippen molar-refractivity contribution in [1.82, 2.24) is 5.43 Å². The Balaban J connectivity index is 2.50. The zero-order valence-corrected chi connectivity index (χ0v) is 9.02. The van der Waals surface area contributed by atoms with Gasteiger partial charge < -0.3 is 0 Å². The fourth-order valence-electron chi connectivity index (χ4n) is 2.20. The average Bonchev–Trinajstić information content (AvgIpc) is 2.25. The van der Waals surface area contributed by atoms with Crippen molar-refractivity contribution in [2.24, 2.45) is 11.8 Å². The van der Waals surface area contributed by atoms with Gasteiger partial charge in [0.05, 0.1) is 6.04 Å². The fraction of sp³-hybridized carbons (Fsp3) is 0.900. The number of nitrogens with one attached hydrogen (secondary N) is 1. The van der Waals surface area contributed by atoms with Crippen LogP contribution < -0.4 is 11.3 Å². The highest BCUT2D eigenvalue weighted by Gasteiger charge is 2.43. The Morgan fingerprint density at radius 1 is 1.31 bits per heavy atom. The Morgan fingerprint density at radius 3 is 2.31 bits per heavy atom. The monoisotopic (exact) mass is 238 g/mol. The molecular weight excluding hydrogens is 221 g/mol. The lowest BCUT2D eigenvalue weighted by Gasteiger charge is -2.25. The zero-order valence-electron chi connectivity index (χ0n) is 9.02. The van der Waals surface area contributed by atoms with Gasteiger partial charge in [-0.25, -0.2) is 5.43 Å². The van der Waals surface area contributed by atoms with Crippen LogP contribution in [0.2, 0.25) is 0 Å². The summed E-state index contributed by atoms with van der Waals surface area (Å²) in [6.07, 6.45) is 0.363. The van der Waals surface area contributed by atoms with E-state index in [1.54, 1.807) is 0 Å². The van der Waals surface area contributed by atoms with E-state index in [1.807, 2.05) is 5.43 Å². The molecule has 0 aliphatic heterocycles. The molecule has 0 amide bonds. The molecule has 0 heterocycles. The lowest BCUT2D eigenvalue weighted by Crippen LogP contribution is -2.48. The number of hydrogen-bond donors (Lipinski definition) is 2. The number of ketones is 1. The van der Waals surface area contributed by atoms with E-state index >= 15 is 0 Å². The summed E-state index contributed by atoms with van der Waals surface area (Å²) in [5.74, 6) is 3.43. The van der Waals surface area contributed by atoms with Crippen LogP contribution in [0.1, 0.15) is 38.5 Å². The summed E-state index contributed by atoms with van der Waals surface area (Å²) in [6, 6.07) is -1.29. The maximum atomic E-state index is 12.2. The highest BCUT2D eigenvalue weighted by molar-refractivity contribution is 5.89. The first-order chi connectivity index (χ1) is 7.45. The molecule has 1 atom stereocenters. The molecule has 0 aromatic rings. The molecule has 1 rings (SSSR count). The van der Waals surface area contributed by atoms with Gasteiger partial charge in [-0.1, -0.05) is 32.1 Å². The topological polar surface area (TPSA) is 55.1 Å². The van der Waals surface area contributed by atoms with Gasteiger partial charge >= 0.3 is 6.18 Å². The van der Waals surface area contributed by atoms with Crippen molar-refractivity contribution in [3.63, 3.8) is 0 Å². The Bertz CT molecular complexity index is 237. The van der Waals surface area contributed by atoms with Crippen LogP contribution in [-0.4, -0.2) is 18.0 Å². The van der Waals surface area contributed by atoms with Gasteiger partial charge in [-0.05, 0) is 12.3 Å². The van der Waals surface area contributed by atoms with Crippen molar-refractivity contribution in [1.29, 1.82) is 0 Å². The Hall–Kier alpha value is -0.620. The van der Waals surface area contributed by atoms with Crippen LogP contribution in [0, 0.1) is 5.92 Å². The fourth-order valence-corrected chi connectivity index (χ4v) is 2.20. The molecule has 1 aliphatic rings. The first-order valence-electron chi connectivity index (χ1n) is 5.52. The van der Waals surface area contributed by atoms with Gasteiger partial charge in [-0.2, -0.15) is 13.2 Å². The summed E-state index contributed by atoms with van der Waals surface area (Å²) in [5.41, 5.74) is 1.99. The SMILES string of the molecule is NN[C@@H](CC1CCCCC1)C(=O)C(F)(F)F. The van der Waals surface area contributed by atoms with Crippen LogP contribution in [0.25, 0.3) is 0 Å². The summed E-state index contributed by atoms with van der Waals surface area (Å²) in [4.78, 5) is 11.0. The maximum Gasteiger partial charge on any atom is 0.451 e. The summed E-state index contributed by atoms with van der Waals surface area (Å²) in [6.45, 7) is 0. The predicted octanol–water partition coefficient (Wildman–Crippen LogP) is 1.92. The second-order valence-corrected chi connectivity index (χ2v) is 4.32. The molecule has 0 aromatic heterocycles. The number of rotatable bonds is 4. The van der Waals surface area contributed by atoms with Gasteiger partial charge in [0.25, 0.3) is 5.78 Å². The molecule has 0 saturated heterocycles. The van der Waals surface area contributed by atoms with Crippen molar-refractivity contribution in [2.75, 3.05) is 0 Å². The van der Waals surface area contributed by atoms with E-state index in [0.29, 0.717) is 0 Å². The van der Waals surface area contributed by atoms with Gasteiger partial charge in [-0.3, -0.25) is 10.6 Å². The molecule has 16 heavy (non-hydrogen) atoms. The average molecular weight is 238 g/mol. The van der Waals surface area contributed by atoms with Crippen LogP contribution in [0.3, 0.4) is 0 Å². The zero-order chi connectivity index (χ0) is 12.2. The van der Waals surface area contributed by atoms with Gasteiger partial charge in [0, 0.05) is 0 Å². The van der Waals surface area contributed by atoms with Crippen molar-refractivity contribution < 1.29 is 18.0 Å². The highest BCUT2D eigenvalue weighted by Crippen LogP contribution is 2.29. The number of carbonyl (C=O) groups excluding carboxylic acids is 1. The third-order valence-electron chi connectivity index (χ3n) is 3.09. The van der Waals surface area contributed by atoms with Crippen LogP contribution in [-0.2, 0) is 4.79 Å². The highest BCUT2D eigenvalue weighted by atomic mass is 19.4. The lowest BCUT2D eigenvalue weighted by atomic mass is 9.84. The van der Waals surface area contributed by atoms with E-state index < -0.39 is 18.0 Å². The van der Waals surface area contributed by atoms with Crippen molar-refractivity contribution in [3.05, 3.63) is 0 Å². The molecule has 3 nitrogen and oxygen atoms in total. The van der Waals surface area contributed by atoms with Crippen LogP contribution in [0.4, 0.5) is 13.2 Å². The molecule has 1 saturated carbocycles. The minimum Gasteiger partial charge on any atom is -0.288 e. The molecule has 0 bridgehead atoms. The van der Waals surface area contributed by atoms with Gasteiger partial charge in [0.15, 0.2) is 0 Å². The molecule has 0 unspecified atom stereocenters. The molecule has 0 radical (unpaired) electrons. The van der Waals surface area contributed by atoms with Crippen LogP contribution in [0.5, 0.6) is 0 Å². The molecule has 94 valence electrons. The molecule has 0 spiro atoms. The largest absolute Gasteiger partial charge is 0.451 e. The maximum absolute atomic E-state index is 12.2. The minimum atomic E-state index is -4.80. The molecule has 3 N–H and O–H groups in total. The number of hydrazine groups is 1. The van der Waals surface area contributed by atoms with Crippen molar-refractivity contribution >= 4 is 5.78 Å². The quantitative estimate of drug-likeness (QED) is 0.581. The number of nitrogens with two attached hydrogens (primary N) is 1. The Kier molecular flexibility index (Phi) is 4.73. The van der Waals surface area contributed by atoms with Crippen LogP contribution in [0.15, 0.2) is 0 Å². The van der Waals surface area contributed by atoms with E-state index in [-0.39, 0.29) is 12.3 Å². The molecule has 0 aromatic carbocycles. The van der Waals surface area contributed by atoms with E-state index in [2.05, 4.69) is 0 Å². The van der Waals surface area contributed by atoms with Gasteiger partial charge in [0.1, 0.15) is 0 Å². The Labute approximate surface area is 92.5 Å². The molecule has 6 heteroatoms.